The first kappa shape index (κ1) is 17.8. The van der Waals surface area contributed by atoms with Gasteiger partial charge >= 0.3 is 35.6 Å². The molecule has 8 N–H and O–H groups in total. The number of hydrogen-bond acceptors (Lipinski definition) is 9. The van der Waals surface area contributed by atoms with Crippen LogP contribution in [0.15, 0.2) is 0 Å². The van der Waals surface area contributed by atoms with Crippen LogP contribution >= 0.6 is 0 Å². The van der Waals surface area contributed by atoms with Crippen LogP contribution in [0.4, 0.5) is 0 Å². The Hall–Kier alpha value is -3.22. The normalized spacial score (nSPS) is 10.7. The molecule has 0 aliphatic carbocycles. The van der Waals surface area contributed by atoms with E-state index in [2.05, 4.69) is 21.1 Å². The van der Waals surface area contributed by atoms with Crippen LogP contribution in [0.5, 0.6) is 0 Å². The Morgan fingerprint density at radius 3 is 1.71 bits per heavy atom. The maximum absolute atomic E-state index is 11.2. The highest BCUT2D eigenvalue weighted by molar-refractivity contribution is 6.34. The van der Waals surface area contributed by atoms with E-state index in [4.69, 9.17) is 5.73 Å². The number of rotatable bonds is 3. The second kappa shape index (κ2) is 8.05. The molecule has 0 aromatic carbocycles. The highest BCUT2D eigenvalue weighted by atomic mass is 16.7. The van der Waals surface area contributed by atoms with Crippen molar-refractivity contribution in [1.29, 1.82) is 0 Å². The van der Waals surface area contributed by atoms with Gasteiger partial charge < -0.3 is 26.9 Å². The summed E-state index contributed by atoms with van der Waals surface area (Å²) in [7, 11) is 0. The van der Waals surface area contributed by atoms with Crippen LogP contribution in [-0.4, -0.2) is 41.6 Å². The van der Waals surface area contributed by atoms with E-state index >= 15 is 0 Å². The molecule has 0 aromatic heterocycles. The summed E-state index contributed by atoms with van der Waals surface area (Å²) in [6.07, 6.45) is -0.773. The van der Waals surface area contributed by atoms with E-state index in [1.807, 2.05) is 0 Å². The van der Waals surface area contributed by atoms with Crippen LogP contribution in [0.3, 0.4) is 0 Å². The molecule has 0 rings (SSSR count). The summed E-state index contributed by atoms with van der Waals surface area (Å²) in [6.45, 7) is 0. The molecule has 0 unspecified atom stereocenters. The summed E-state index contributed by atoms with van der Waals surface area (Å²) in [6, 6.07) is -1.59. The van der Waals surface area contributed by atoms with Gasteiger partial charge in [0, 0.05) is 0 Å². The minimum atomic E-state index is -1.59. The van der Waals surface area contributed by atoms with Crippen LogP contribution in [-0.2, 0) is 38.4 Å². The van der Waals surface area contributed by atoms with Crippen molar-refractivity contribution in [3.8, 4) is 0 Å². The topological polar surface area (TPSA) is 223 Å². The molecule has 0 spiro atoms. The van der Waals surface area contributed by atoms with Crippen LogP contribution < -0.4 is 28.2 Å². The third-order valence-electron chi connectivity index (χ3n) is 1.64. The van der Waals surface area contributed by atoms with E-state index in [1.165, 1.54) is 11.0 Å². The average molecular weight is 305 g/mol. The van der Waals surface area contributed by atoms with E-state index in [1.54, 1.807) is 0 Å². The standard InChI is InChI=1S/C8H11N5O8/c9-2(8(19)21-13-7(18)5(11)16)1-3(14)20-12-6(17)4(10)15/h2H,1,9H2,(H2,10,15)(H2,11,16)(H,12,17)(H,13,18)/t2-/m0/s1. The lowest BCUT2D eigenvalue weighted by Gasteiger charge is -2.10. The third kappa shape index (κ3) is 7.06. The number of hydrogen-bond donors (Lipinski definition) is 5. The number of carbonyl (C=O) groups is 6. The van der Waals surface area contributed by atoms with Crippen LogP contribution in [0, 0.1) is 0 Å². The minimum Gasteiger partial charge on any atom is -0.361 e. The molecule has 0 saturated carbocycles. The lowest BCUT2D eigenvalue weighted by atomic mass is 10.2. The first-order valence-electron chi connectivity index (χ1n) is 5.00. The van der Waals surface area contributed by atoms with Gasteiger partial charge in [0.05, 0.1) is 6.42 Å². The predicted molar refractivity (Wildman–Crippen MR) is 59.5 cm³/mol. The number of nitrogens with one attached hydrogen (secondary N) is 2. The van der Waals surface area contributed by atoms with Gasteiger partial charge in [-0.05, 0) is 0 Å². The Morgan fingerprint density at radius 1 is 0.857 bits per heavy atom. The number of carbonyl (C=O) groups excluding carboxylic acids is 6. The summed E-state index contributed by atoms with van der Waals surface area (Å²) in [4.78, 5) is 72.2. The van der Waals surface area contributed by atoms with Crippen molar-refractivity contribution in [3.63, 3.8) is 0 Å². The molecule has 0 radical (unpaired) electrons. The summed E-state index contributed by atoms with van der Waals surface area (Å²) < 4.78 is 0. The second-order valence-electron chi connectivity index (χ2n) is 3.30. The molecular formula is C8H11N5O8. The summed E-state index contributed by atoms with van der Waals surface area (Å²) in [5, 5.41) is 0. The number of hydroxylamine groups is 2. The minimum absolute atomic E-state index is 0.773. The van der Waals surface area contributed by atoms with Gasteiger partial charge in [0.25, 0.3) is 0 Å². The molecule has 0 saturated heterocycles. The zero-order valence-corrected chi connectivity index (χ0v) is 10.3. The molecule has 0 heterocycles. The quantitative estimate of drug-likeness (QED) is 0.248. The van der Waals surface area contributed by atoms with Crippen molar-refractivity contribution in [3.05, 3.63) is 0 Å². The highest BCUT2D eigenvalue weighted by Crippen LogP contribution is 1.93. The van der Waals surface area contributed by atoms with Crippen molar-refractivity contribution in [2.24, 2.45) is 17.2 Å². The first-order chi connectivity index (χ1) is 9.65. The van der Waals surface area contributed by atoms with Gasteiger partial charge in [-0.2, -0.15) is 11.0 Å². The number of amides is 4. The maximum Gasteiger partial charge on any atom is 0.349 e. The third-order valence-corrected chi connectivity index (χ3v) is 1.64. The molecular weight excluding hydrogens is 294 g/mol. The van der Waals surface area contributed by atoms with Crippen molar-refractivity contribution in [2.75, 3.05) is 0 Å². The monoisotopic (exact) mass is 305 g/mol. The molecule has 116 valence electrons. The lowest BCUT2D eigenvalue weighted by Crippen LogP contribution is -2.43. The van der Waals surface area contributed by atoms with Gasteiger partial charge in [-0.1, -0.05) is 0 Å². The zero-order chi connectivity index (χ0) is 16.6. The van der Waals surface area contributed by atoms with E-state index in [0.29, 0.717) is 0 Å². The number of primary amides is 2. The van der Waals surface area contributed by atoms with Crippen molar-refractivity contribution in [1.82, 2.24) is 11.0 Å². The molecule has 1 atom stereocenters. The van der Waals surface area contributed by atoms with Gasteiger partial charge in [0.1, 0.15) is 6.04 Å². The highest BCUT2D eigenvalue weighted by Gasteiger charge is 2.23. The Morgan fingerprint density at radius 2 is 1.29 bits per heavy atom. The largest absolute Gasteiger partial charge is 0.361 e. The second-order valence-corrected chi connectivity index (χ2v) is 3.30. The molecule has 13 heteroatoms. The van der Waals surface area contributed by atoms with E-state index in [9.17, 15) is 28.8 Å². The van der Waals surface area contributed by atoms with Gasteiger partial charge in [-0.15, -0.1) is 0 Å². The van der Waals surface area contributed by atoms with E-state index in [0.717, 1.165) is 0 Å². The van der Waals surface area contributed by atoms with Gasteiger partial charge in [-0.25, -0.2) is 9.59 Å². The molecule has 0 aliphatic rings. The molecule has 0 aliphatic heterocycles. The Bertz CT molecular complexity index is 489. The summed E-state index contributed by atoms with van der Waals surface area (Å²) >= 11 is 0. The smallest absolute Gasteiger partial charge is 0.349 e. The fraction of sp³-hybridized carbons (Fsp3) is 0.250. The lowest BCUT2D eigenvalue weighted by molar-refractivity contribution is -0.166. The molecule has 4 amide bonds. The first-order valence-corrected chi connectivity index (χ1v) is 5.00. The average Bonchev–Trinajstić information content (AvgIpc) is 2.40. The zero-order valence-electron chi connectivity index (χ0n) is 10.3. The van der Waals surface area contributed by atoms with Crippen LogP contribution in [0.25, 0.3) is 0 Å². The molecule has 0 fully saturated rings. The molecule has 0 bridgehead atoms. The number of nitrogens with two attached hydrogens (primary N) is 3. The van der Waals surface area contributed by atoms with Crippen LogP contribution in [0.1, 0.15) is 6.42 Å². The fourth-order valence-electron chi connectivity index (χ4n) is 0.681. The van der Waals surface area contributed by atoms with E-state index < -0.39 is 48.0 Å². The van der Waals surface area contributed by atoms with Crippen molar-refractivity contribution >= 4 is 35.6 Å². The Kier molecular flexibility index (Phi) is 6.82. The summed E-state index contributed by atoms with van der Waals surface area (Å²) in [5.74, 6) is -8.11. The summed E-state index contributed by atoms with van der Waals surface area (Å²) in [5.41, 5.74) is 17.1. The molecule has 13 nitrogen and oxygen atoms in total. The SMILES string of the molecule is NC(=O)C(=O)NOC(=O)C[C@H](N)C(=O)ONC(=O)C(N)=O. The maximum atomic E-state index is 11.2. The van der Waals surface area contributed by atoms with Gasteiger partial charge in [0.2, 0.25) is 0 Å². The molecule has 0 aromatic rings. The van der Waals surface area contributed by atoms with Gasteiger partial charge in [0.15, 0.2) is 0 Å². The Labute approximate surface area is 116 Å². The van der Waals surface area contributed by atoms with Gasteiger partial charge in [-0.3, -0.25) is 19.2 Å². The van der Waals surface area contributed by atoms with Crippen molar-refractivity contribution in [2.45, 2.75) is 12.5 Å². The Balaban J connectivity index is 4.14. The fourth-order valence-corrected chi connectivity index (χ4v) is 0.681. The molecule has 21 heavy (non-hydrogen) atoms. The van der Waals surface area contributed by atoms with E-state index in [-0.39, 0.29) is 0 Å². The predicted octanol–water partition coefficient (Wildman–Crippen LogP) is -5.18. The van der Waals surface area contributed by atoms with Crippen LogP contribution in [0.2, 0.25) is 0 Å². The van der Waals surface area contributed by atoms with Crippen molar-refractivity contribution < 1.29 is 38.4 Å².